The van der Waals surface area contributed by atoms with Crippen molar-refractivity contribution in [1.82, 2.24) is 0 Å². The minimum absolute atomic E-state index is 0.264. The first-order valence-electron chi connectivity index (χ1n) is 6.36. The van der Waals surface area contributed by atoms with Gasteiger partial charge in [0.05, 0.1) is 24.6 Å². The van der Waals surface area contributed by atoms with Crippen LogP contribution in [0.25, 0.3) is 0 Å². The second-order valence-corrected chi connectivity index (χ2v) is 5.57. The zero-order valence-electron chi connectivity index (χ0n) is 11.7. The summed E-state index contributed by atoms with van der Waals surface area (Å²) in [6.45, 7) is 0. The molecule has 2 aromatic rings. The lowest BCUT2D eigenvalue weighted by Gasteiger charge is -2.18. The third-order valence-corrected chi connectivity index (χ3v) is 3.99. The fourth-order valence-corrected chi connectivity index (χ4v) is 2.99. The molecule has 5 heteroatoms. The molecule has 0 N–H and O–H groups in total. The molecule has 0 aromatic heterocycles. The molecule has 0 aliphatic carbocycles. The average Bonchev–Trinajstić information content (AvgIpc) is 2.50. The molecule has 1 atom stereocenters. The van der Waals surface area contributed by atoms with Gasteiger partial charge in [-0.2, -0.15) is 0 Å². The number of ether oxygens (including phenoxy) is 2. The number of hydrogen-bond donors (Lipinski definition) is 0. The zero-order valence-corrected chi connectivity index (χ0v) is 13.3. The van der Waals surface area contributed by atoms with Gasteiger partial charge in [0.1, 0.15) is 11.5 Å². The highest BCUT2D eigenvalue weighted by molar-refractivity contribution is 9.09. The molecule has 0 aliphatic rings. The second-order valence-electron chi connectivity index (χ2n) is 4.46. The first-order valence-corrected chi connectivity index (χ1v) is 7.28. The molecule has 2 aromatic carbocycles. The minimum Gasteiger partial charge on any atom is -0.496 e. The van der Waals surface area contributed by atoms with Crippen LogP contribution in [-0.4, -0.2) is 14.2 Å². The molecular formula is C16H15BrF2O2. The van der Waals surface area contributed by atoms with Crippen molar-refractivity contribution in [2.24, 2.45) is 0 Å². The summed E-state index contributed by atoms with van der Waals surface area (Å²) in [5.41, 5.74) is 1.07. The van der Waals surface area contributed by atoms with Crippen molar-refractivity contribution in [3.05, 3.63) is 59.2 Å². The molecule has 0 bridgehead atoms. The largest absolute Gasteiger partial charge is 0.496 e. The molecule has 0 heterocycles. The van der Waals surface area contributed by atoms with Gasteiger partial charge in [0.15, 0.2) is 11.6 Å². The van der Waals surface area contributed by atoms with E-state index in [1.165, 1.54) is 6.07 Å². The highest BCUT2D eigenvalue weighted by Crippen LogP contribution is 2.40. The van der Waals surface area contributed by atoms with Gasteiger partial charge in [0, 0.05) is 0 Å². The quantitative estimate of drug-likeness (QED) is 0.725. The number of hydrogen-bond acceptors (Lipinski definition) is 2. The minimum atomic E-state index is -0.848. The van der Waals surface area contributed by atoms with E-state index in [1.54, 1.807) is 32.4 Å². The van der Waals surface area contributed by atoms with E-state index >= 15 is 0 Å². The van der Waals surface area contributed by atoms with Crippen molar-refractivity contribution in [3.63, 3.8) is 0 Å². The predicted octanol–water partition coefficient (Wildman–Crippen LogP) is 4.66. The monoisotopic (exact) mass is 356 g/mol. The SMILES string of the molecule is COc1cccc(OC)c1C(Br)Cc1cccc(F)c1F. The van der Waals surface area contributed by atoms with Crippen LogP contribution < -0.4 is 9.47 Å². The van der Waals surface area contributed by atoms with Crippen LogP contribution >= 0.6 is 15.9 Å². The standard InChI is InChI=1S/C16H15BrF2O2/c1-20-13-7-4-8-14(21-2)15(13)11(17)9-10-5-3-6-12(18)16(10)19/h3-8,11H,9H2,1-2H3. The van der Waals surface area contributed by atoms with Gasteiger partial charge in [0.2, 0.25) is 0 Å². The van der Waals surface area contributed by atoms with Crippen LogP contribution in [0.1, 0.15) is 16.0 Å². The van der Waals surface area contributed by atoms with Gasteiger partial charge < -0.3 is 9.47 Å². The lowest BCUT2D eigenvalue weighted by Crippen LogP contribution is -2.04. The first-order chi connectivity index (χ1) is 10.1. The third kappa shape index (κ3) is 3.35. The van der Waals surface area contributed by atoms with Crippen LogP contribution in [0.5, 0.6) is 11.5 Å². The Labute approximate surface area is 130 Å². The molecule has 2 nitrogen and oxygen atoms in total. The maximum atomic E-state index is 13.8. The second kappa shape index (κ2) is 6.89. The number of benzene rings is 2. The number of rotatable bonds is 5. The van der Waals surface area contributed by atoms with E-state index in [4.69, 9.17) is 9.47 Å². The lowest BCUT2D eigenvalue weighted by molar-refractivity contribution is 0.384. The molecule has 21 heavy (non-hydrogen) atoms. The summed E-state index contributed by atoms with van der Waals surface area (Å²) in [7, 11) is 3.11. The number of halogens is 3. The van der Waals surface area contributed by atoms with E-state index < -0.39 is 11.6 Å². The van der Waals surface area contributed by atoms with E-state index in [-0.39, 0.29) is 11.2 Å². The summed E-state index contributed by atoms with van der Waals surface area (Å²) in [5.74, 6) is -0.406. The van der Waals surface area contributed by atoms with Crippen LogP contribution in [0.2, 0.25) is 0 Å². The van der Waals surface area contributed by atoms with Gasteiger partial charge in [-0.25, -0.2) is 8.78 Å². The topological polar surface area (TPSA) is 18.5 Å². The molecule has 0 radical (unpaired) electrons. The fourth-order valence-electron chi connectivity index (χ4n) is 2.19. The summed E-state index contributed by atoms with van der Waals surface area (Å²) in [4.78, 5) is -0.264. The van der Waals surface area contributed by atoms with E-state index in [1.807, 2.05) is 6.07 Å². The van der Waals surface area contributed by atoms with Gasteiger partial charge in [-0.1, -0.05) is 34.1 Å². The Hall–Kier alpha value is -1.62. The fraction of sp³-hybridized carbons (Fsp3) is 0.250. The van der Waals surface area contributed by atoms with Crippen LogP contribution in [0.4, 0.5) is 8.78 Å². The molecule has 0 spiro atoms. The van der Waals surface area contributed by atoms with Crippen molar-refractivity contribution in [2.75, 3.05) is 14.2 Å². The summed E-state index contributed by atoms with van der Waals surface area (Å²) in [6, 6.07) is 9.57. The highest BCUT2D eigenvalue weighted by atomic mass is 79.9. The van der Waals surface area contributed by atoms with Gasteiger partial charge in [-0.05, 0) is 30.2 Å². The molecule has 0 aliphatic heterocycles. The van der Waals surface area contributed by atoms with Crippen molar-refractivity contribution >= 4 is 15.9 Å². The van der Waals surface area contributed by atoms with Crippen LogP contribution in [0, 0.1) is 11.6 Å². The van der Waals surface area contributed by atoms with Gasteiger partial charge in [-0.3, -0.25) is 0 Å². The Balaban J connectivity index is 2.36. The van der Waals surface area contributed by atoms with Crippen LogP contribution in [0.3, 0.4) is 0 Å². The highest BCUT2D eigenvalue weighted by Gasteiger charge is 2.21. The van der Waals surface area contributed by atoms with Gasteiger partial charge in [-0.15, -0.1) is 0 Å². The molecule has 1 unspecified atom stereocenters. The maximum absolute atomic E-state index is 13.8. The summed E-state index contributed by atoms with van der Waals surface area (Å²) in [5, 5.41) is 0. The molecule has 0 amide bonds. The van der Waals surface area contributed by atoms with E-state index in [9.17, 15) is 8.78 Å². The maximum Gasteiger partial charge on any atom is 0.162 e. The molecule has 0 saturated carbocycles. The average molecular weight is 357 g/mol. The number of methoxy groups -OCH3 is 2. The van der Waals surface area contributed by atoms with Crippen LogP contribution in [-0.2, 0) is 6.42 Å². The van der Waals surface area contributed by atoms with E-state index in [2.05, 4.69) is 15.9 Å². The Morgan fingerprint density at radius 2 is 1.57 bits per heavy atom. The van der Waals surface area contributed by atoms with E-state index in [0.717, 1.165) is 11.6 Å². The summed E-state index contributed by atoms with van der Waals surface area (Å²) >= 11 is 3.52. The zero-order chi connectivity index (χ0) is 15.4. The van der Waals surface area contributed by atoms with Gasteiger partial charge in [0.25, 0.3) is 0 Å². The summed E-state index contributed by atoms with van der Waals surface area (Å²) < 4.78 is 37.7. The Kier molecular flexibility index (Phi) is 5.17. The van der Waals surface area contributed by atoms with Crippen molar-refractivity contribution in [3.8, 4) is 11.5 Å². The normalized spacial score (nSPS) is 12.0. The Morgan fingerprint density at radius 3 is 2.14 bits per heavy atom. The molecule has 112 valence electrons. The number of alkyl halides is 1. The Morgan fingerprint density at radius 1 is 1.00 bits per heavy atom. The van der Waals surface area contributed by atoms with Gasteiger partial charge >= 0.3 is 0 Å². The third-order valence-electron chi connectivity index (χ3n) is 3.21. The predicted molar refractivity (Wildman–Crippen MR) is 81.3 cm³/mol. The smallest absolute Gasteiger partial charge is 0.162 e. The van der Waals surface area contributed by atoms with Crippen molar-refractivity contribution < 1.29 is 18.3 Å². The summed E-state index contributed by atoms with van der Waals surface area (Å²) in [6.07, 6.45) is 0.278. The molecular weight excluding hydrogens is 342 g/mol. The van der Waals surface area contributed by atoms with Crippen molar-refractivity contribution in [1.29, 1.82) is 0 Å². The van der Waals surface area contributed by atoms with Crippen LogP contribution in [0.15, 0.2) is 36.4 Å². The van der Waals surface area contributed by atoms with Crippen molar-refractivity contribution in [2.45, 2.75) is 11.2 Å². The molecule has 0 fully saturated rings. The molecule has 2 rings (SSSR count). The lowest BCUT2D eigenvalue weighted by atomic mass is 10.0. The Bertz CT molecular complexity index is 609. The molecule has 0 saturated heterocycles. The van der Waals surface area contributed by atoms with E-state index in [0.29, 0.717) is 17.1 Å². The first kappa shape index (κ1) is 15.8.